The lowest BCUT2D eigenvalue weighted by atomic mass is 10.1. The summed E-state index contributed by atoms with van der Waals surface area (Å²) in [6, 6.07) is 5.47. The van der Waals surface area contributed by atoms with E-state index in [2.05, 4.69) is 16.5 Å². The predicted molar refractivity (Wildman–Crippen MR) is 92.6 cm³/mol. The van der Waals surface area contributed by atoms with Gasteiger partial charge in [-0.25, -0.2) is 0 Å². The highest BCUT2D eigenvalue weighted by Gasteiger charge is 2.33. The number of carbonyl (C=O) groups excluding carboxylic acids is 2. The monoisotopic (exact) mass is 346 g/mol. The van der Waals surface area contributed by atoms with Crippen LogP contribution >= 0.6 is 11.3 Å². The Morgan fingerprint density at radius 2 is 2.25 bits per heavy atom. The summed E-state index contributed by atoms with van der Waals surface area (Å²) in [5.74, 6) is -0.0985. The van der Waals surface area contributed by atoms with Gasteiger partial charge in [-0.3, -0.25) is 14.3 Å². The second kappa shape index (κ2) is 7.17. The fourth-order valence-corrected chi connectivity index (χ4v) is 3.61. The quantitative estimate of drug-likeness (QED) is 0.898. The van der Waals surface area contributed by atoms with Gasteiger partial charge in [0.05, 0.1) is 18.8 Å². The first-order valence-corrected chi connectivity index (χ1v) is 9.05. The molecule has 0 spiro atoms. The van der Waals surface area contributed by atoms with Crippen molar-refractivity contribution in [1.82, 2.24) is 20.0 Å². The van der Waals surface area contributed by atoms with E-state index in [9.17, 15) is 9.59 Å². The Morgan fingerprint density at radius 3 is 2.96 bits per heavy atom. The first-order valence-electron chi connectivity index (χ1n) is 8.17. The van der Waals surface area contributed by atoms with Crippen molar-refractivity contribution in [2.24, 2.45) is 5.92 Å². The lowest BCUT2D eigenvalue weighted by Gasteiger charge is -2.34. The fraction of sp³-hybridized carbons (Fsp3) is 0.471. The molecule has 1 N–H and O–H groups in total. The molecule has 0 aliphatic carbocycles. The summed E-state index contributed by atoms with van der Waals surface area (Å²) in [7, 11) is 0. The summed E-state index contributed by atoms with van der Waals surface area (Å²) >= 11 is 1.69. The standard InChI is InChI=1S/C17H22N4O2S/c1-12(2)17(23)20-10-13-5-8-19-21(13)15(11-20)16(22)18-7-6-14-4-3-9-24-14/h3-5,8-9,12,15H,6-7,10-11H2,1-2H3,(H,18,22)/t15-/m0/s1. The largest absolute Gasteiger partial charge is 0.354 e. The van der Waals surface area contributed by atoms with Crippen LogP contribution in [0.2, 0.25) is 0 Å². The maximum Gasteiger partial charge on any atom is 0.246 e. The molecule has 1 atom stereocenters. The number of thiophene rings is 1. The molecule has 0 saturated carbocycles. The molecule has 24 heavy (non-hydrogen) atoms. The maximum atomic E-state index is 12.6. The third kappa shape index (κ3) is 3.51. The molecule has 1 aliphatic rings. The molecule has 0 saturated heterocycles. The minimum Gasteiger partial charge on any atom is -0.354 e. The number of nitrogens with one attached hydrogen (secondary N) is 1. The van der Waals surface area contributed by atoms with E-state index >= 15 is 0 Å². The number of amides is 2. The highest BCUT2D eigenvalue weighted by molar-refractivity contribution is 7.09. The van der Waals surface area contributed by atoms with Gasteiger partial charge in [0.15, 0.2) is 0 Å². The van der Waals surface area contributed by atoms with Crippen molar-refractivity contribution in [2.75, 3.05) is 13.1 Å². The minimum atomic E-state index is -0.463. The SMILES string of the molecule is CC(C)C(=O)N1Cc2ccnn2[C@H](C(=O)NCCc2cccs2)C1. The molecule has 0 aromatic carbocycles. The zero-order valence-electron chi connectivity index (χ0n) is 13.9. The number of hydrogen-bond donors (Lipinski definition) is 1. The molecular formula is C17H22N4O2S. The van der Waals surface area contributed by atoms with Crippen LogP contribution in [0.15, 0.2) is 29.8 Å². The molecule has 1 aliphatic heterocycles. The zero-order valence-corrected chi connectivity index (χ0v) is 14.8. The van der Waals surface area contributed by atoms with E-state index in [1.54, 1.807) is 27.1 Å². The Bertz CT molecular complexity index is 708. The van der Waals surface area contributed by atoms with Crippen LogP contribution < -0.4 is 5.32 Å². The Hall–Kier alpha value is -2.15. The molecule has 0 radical (unpaired) electrons. The Labute approximate surface area is 145 Å². The van der Waals surface area contributed by atoms with E-state index in [0.717, 1.165) is 12.1 Å². The van der Waals surface area contributed by atoms with Crippen molar-refractivity contribution >= 4 is 23.2 Å². The van der Waals surface area contributed by atoms with Crippen LogP contribution in [0.1, 0.15) is 30.5 Å². The Morgan fingerprint density at radius 1 is 1.42 bits per heavy atom. The van der Waals surface area contributed by atoms with Gasteiger partial charge in [0.2, 0.25) is 11.8 Å². The molecule has 0 bridgehead atoms. The summed E-state index contributed by atoms with van der Waals surface area (Å²) in [4.78, 5) is 28.0. The molecule has 2 aromatic heterocycles. The van der Waals surface area contributed by atoms with Crippen LogP contribution in [0.3, 0.4) is 0 Å². The summed E-state index contributed by atoms with van der Waals surface area (Å²) < 4.78 is 1.74. The second-order valence-electron chi connectivity index (χ2n) is 6.28. The van der Waals surface area contributed by atoms with E-state index in [1.165, 1.54) is 4.88 Å². The van der Waals surface area contributed by atoms with Crippen molar-refractivity contribution in [3.8, 4) is 0 Å². The first-order chi connectivity index (χ1) is 11.6. The van der Waals surface area contributed by atoms with Crippen LogP contribution in [0, 0.1) is 5.92 Å². The summed E-state index contributed by atoms with van der Waals surface area (Å²) in [6.07, 6.45) is 2.50. The van der Waals surface area contributed by atoms with E-state index in [1.807, 2.05) is 31.4 Å². The lowest BCUT2D eigenvalue weighted by molar-refractivity contribution is -0.138. The van der Waals surface area contributed by atoms with Gasteiger partial charge < -0.3 is 10.2 Å². The van der Waals surface area contributed by atoms with E-state index in [-0.39, 0.29) is 17.7 Å². The second-order valence-corrected chi connectivity index (χ2v) is 7.31. The van der Waals surface area contributed by atoms with Crippen molar-refractivity contribution in [1.29, 1.82) is 0 Å². The van der Waals surface area contributed by atoms with Crippen LogP contribution in [0.5, 0.6) is 0 Å². The van der Waals surface area contributed by atoms with Gasteiger partial charge in [0, 0.05) is 23.5 Å². The Kier molecular flexibility index (Phi) is 4.99. The van der Waals surface area contributed by atoms with Crippen molar-refractivity contribution in [3.63, 3.8) is 0 Å². The van der Waals surface area contributed by atoms with Gasteiger partial charge in [-0.15, -0.1) is 11.3 Å². The third-order valence-corrected chi connectivity index (χ3v) is 5.09. The normalized spacial score (nSPS) is 17.0. The van der Waals surface area contributed by atoms with Crippen LogP contribution in [0.4, 0.5) is 0 Å². The highest BCUT2D eigenvalue weighted by atomic mass is 32.1. The fourth-order valence-electron chi connectivity index (χ4n) is 2.90. The van der Waals surface area contributed by atoms with Gasteiger partial charge >= 0.3 is 0 Å². The number of nitrogens with zero attached hydrogens (tertiary/aromatic N) is 3. The van der Waals surface area contributed by atoms with Crippen LogP contribution in [-0.2, 0) is 22.6 Å². The molecule has 6 nitrogen and oxygen atoms in total. The number of fused-ring (bicyclic) bond motifs is 1. The molecule has 7 heteroatoms. The minimum absolute atomic E-state index is 0.0684. The van der Waals surface area contributed by atoms with E-state index < -0.39 is 6.04 Å². The topological polar surface area (TPSA) is 67.2 Å². The number of rotatable bonds is 5. The van der Waals surface area contributed by atoms with Crippen molar-refractivity contribution in [3.05, 3.63) is 40.3 Å². The molecule has 3 rings (SSSR count). The first kappa shape index (κ1) is 16.7. The zero-order chi connectivity index (χ0) is 17.1. The van der Waals surface area contributed by atoms with E-state index in [4.69, 9.17) is 0 Å². The lowest BCUT2D eigenvalue weighted by Crippen LogP contribution is -2.48. The van der Waals surface area contributed by atoms with Gasteiger partial charge in [0.1, 0.15) is 6.04 Å². The number of carbonyl (C=O) groups is 2. The van der Waals surface area contributed by atoms with Gasteiger partial charge in [-0.1, -0.05) is 19.9 Å². The smallest absolute Gasteiger partial charge is 0.246 e. The summed E-state index contributed by atoms with van der Waals surface area (Å²) in [5, 5.41) is 9.29. The van der Waals surface area contributed by atoms with Crippen molar-refractivity contribution in [2.45, 2.75) is 32.9 Å². The average Bonchev–Trinajstić information content (AvgIpc) is 3.24. The van der Waals surface area contributed by atoms with Gasteiger partial charge in [-0.05, 0) is 23.9 Å². The highest BCUT2D eigenvalue weighted by Crippen LogP contribution is 2.22. The molecule has 0 fully saturated rings. The average molecular weight is 346 g/mol. The van der Waals surface area contributed by atoms with Crippen LogP contribution in [-0.4, -0.2) is 39.6 Å². The van der Waals surface area contributed by atoms with Crippen molar-refractivity contribution < 1.29 is 9.59 Å². The molecule has 2 aromatic rings. The summed E-state index contributed by atoms with van der Waals surface area (Å²) in [6.45, 7) is 5.23. The number of aromatic nitrogens is 2. The molecule has 128 valence electrons. The van der Waals surface area contributed by atoms with Crippen LogP contribution in [0.25, 0.3) is 0 Å². The third-order valence-electron chi connectivity index (χ3n) is 4.15. The van der Waals surface area contributed by atoms with Gasteiger partial charge in [0.25, 0.3) is 0 Å². The maximum absolute atomic E-state index is 12.6. The number of hydrogen-bond acceptors (Lipinski definition) is 4. The molecule has 2 amide bonds. The summed E-state index contributed by atoms with van der Waals surface area (Å²) in [5.41, 5.74) is 0.897. The van der Waals surface area contributed by atoms with Gasteiger partial charge in [-0.2, -0.15) is 5.10 Å². The Balaban J connectivity index is 1.66. The van der Waals surface area contributed by atoms with E-state index in [0.29, 0.717) is 19.6 Å². The predicted octanol–water partition coefficient (Wildman–Crippen LogP) is 1.84. The molecule has 0 unspecified atom stereocenters. The molecule has 3 heterocycles. The molecular weight excluding hydrogens is 324 g/mol.